The van der Waals surface area contributed by atoms with Crippen LogP contribution in [0.1, 0.15) is 37.5 Å². The Balaban J connectivity index is 1.62. The van der Waals surface area contributed by atoms with Crippen LogP contribution in [-0.2, 0) is 10.7 Å². The monoisotopic (exact) mass is 504 g/mol. The molecule has 0 atom stereocenters. The molecule has 168 valence electrons. The highest BCUT2D eigenvalue weighted by Crippen LogP contribution is 2.39. The van der Waals surface area contributed by atoms with E-state index in [0.29, 0.717) is 22.9 Å². The van der Waals surface area contributed by atoms with Crippen LogP contribution in [0.5, 0.6) is 5.75 Å². The number of alkyl halides is 1. The first-order valence-electron chi connectivity index (χ1n) is 10.8. The number of hydrogen-bond acceptors (Lipinski definition) is 5. The van der Waals surface area contributed by atoms with E-state index in [1.165, 1.54) is 5.56 Å². The van der Waals surface area contributed by atoms with Crippen molar-refractivity contribution in [1.29, 1.82) is 0 Å². The van der Waals surface area contributed by atoms with E-state index in [4.69, 9.17) is 23.5 Å². The average Bonchev–Trinajstić information content (AvgIpc) is 3.41. The van der Waals surface area contributed by atoms with Gasteiger partial charge in [-0.2, -0.15) is 0 Å². The number of methoxy groups -OCH3 is 1. The first-order valence-corrected chi connectivity index (χ1v) is 12.0. The van der Waals surface area contributed by atoms with Gasteiger partial charge in [0, 0.05) is 10.9 Å². The van der Waals surface area contributed by atoms with Gasteiger partial charge in [0.25, 0.3) is 0 Å². The number of hydrogen-bond donors (Lipinski definition) is 0. The van der Waals surface area contributed by atoms with Crippen molar-refractivity contribution in [2.24, 2.45) is 0 Å². The maximum atomic E-state index is 6.11. The Bertz CT molecular complexity index is 1490. The fourth-order valence-corrected chi connectivity index (χ4v) is 4.44. The third kappa shape index (κ3) is 3.82. The summed E-state index contributed by atoms with van der Waals surface area (Å²) < 4.78 is 17.9. The molecule has 5 rings (SSSR count). The van der Waals surface area contributed by atoms with Crippen LogP contribution in [0, 0.1) is 6.92 Å². The summed E-state index contributed by atoms with van der Waals surface area (Å²) in [7, 11) is 1.65. The Morgan fingerprint density at radius 1 is 0.909 bits per heavy atom. The Hall–Kier alpha value is -3.12. The van der Waals surface area contributed by atoms with Crippen molar-refractivity contribution >= 4 is 38.1 Å². The second kappa shape index (κ2) is 8.03. The number of ether oxygens (including phenoxy) is 1. The molecular formula is C27H25BrN2O3. The highest BCUT2D eigenvalue weighted by molar-refractivity contribution is 9.08. The molecule has 0 saturated heterocycles. The molecule has 0 saturated carbocycles. The van der Waals surface area contributed by atoms with E-state index in [2.05, 4.69) is 48.8 Å². The van der Waals surface area contributed by atoms with Crippen LogP contribution >= 0.6 is 15.9 Å². The quantitative estimate of drug-likeness (QED) is 0.233. The molecule has 0 N–H and O–H groups in total. The molecule has 0 aliphatic carbocycles. The summed E-state index contributed by atoms with van der Waals surface area (Å²) in [5, 5.41) is 0.714. The van der Waals surface area contributed by atoms with Crippen LogP contribution in [0.2, 0.25) is 0 Å². The zero-order valence-corrected chi connectivity index (χ0v) is 20.9. The van der Waals surface area contributed by atoms with Crippen molar-refractivity contribution in [2.45, 2.75) is 38.4 Å². The number of para-hydroxylation sites is 1. The van der Waals surface area contributed by atoms with Crippen molar-refractivity contribution in [3.63, 3.8) is 0 Å². The van der Waals surface area contributed by atoms with Crippen molar-refractivity contribution < 1.29 is 13.6 Å². The molecule has 0 fully saturated rings. The number of benzene rings is 3. The minimum atomic E-state index is 0.0392. The van der Waals surface area contributed by atoms with Gasteiger partial charge in [0.05, 0.1) is 12.7 Å². The number of aromatic nitrogens is 2. The minimum absolute atomic E-state index is 0.0392. The topological polar surface area (TPSA) is 61.3 Å². The van der Waals surface area contributed by atoms with Gasteiger partial charge in [-0.25, -0.2) is 9.97 Å². The summed E-state index contributed by atoms with van der Waals surface area (Å²) in [6.07, 6.45) is 0. The molecule has 0 amide bonds. The zero-order chi connectivity index (χ0) is 23.3. The Morgan fingerprint density at radius 3 is 2.39 bits per heavy atom. The molecule has 0 radical (unpaired) electrons. The van der Waals surface area contributed by atoms with Gasteiger partial charge in [-0.15, -0.1) is 0 Å². The Morgan fingerprint density at radius 2 is 1.67 bits per heavy atom. The van der Waals surface area contributed by atoms with Gasteiger partial charge >= 0.3 is 0 Å². The fraction of sp³-hybridized carbons (Fsp3) is 0.259. The number of rotatable bonds is 4. The maximum absolute atomic E-state index is 6.11. The number of oxazole rings is 2. The van der Waals surface area contributed by atoms with Crippen molar-refractivity contribution in [3.05, 3.63) is 65.2 Å². The number of nitrogens with zero attached hydrogens (tertiary/aromatic N) is 2. The van der Waals surface area contributed by atoms with Crippen molar-refractivity contribution in [1.82, 2.24) is 9.97 Å². The van der Waals surface area contributed by atoms with E-state index in [9.17, 15) is 0 Å². The van der Waals surface area contributed by atoms with Gasteiger partial charge in [-0.05, 0) is 59.4 Å². The first kappa shape index (κ1) is 21.7. The zero-order valence-electron chi connectivity index (χ0n) is 19.3. The molecule has 33 heavy (non-hydrogen) atoms. The maximum Gasteiger partial charge on any atom is 0.231 e. The van der Waals surface area contributed by atoms with Crippen LogP contribution in [-0.4, -0.2) is 17.1 Å². The largest absolute Gasteiger partial charge is 0.496 e. The van der Waals surface area contributed by atoms with E-state index < -0.39 is 0 Å². The smallest absolute Gasteiger partial charge is 0.231 e. The lowest BCUT2D eigenvalue weighted by atomic mass is 9.87. The van der Waals surface area contributed by atoms with E-state index in [1.807, 2.05) is 43.3 Å². The second-order valence-corrected chi connectivity index (χ2v) is 9.80. The predicted molar refractivity (Wildman–Crippen MR) is 135 cm³/mol. The van der Waals surface area contributed by atoms with Crippen molar-refractivity contribution in [2.75, 3.05) is 7.11 Å². The highest BCUT2D eigenvalue weighted by Gasteiger charge is 2.21. The van der Waals surface area contributed by atoms with Gasteiger partial charge in [0.2, 0.25) is 11.8 Å². The van der Waals surface area contributed by atoms with Crippen LogP contribution in [0.4, 0.5) is 0 Å². The predicted octanol–water partition coefficient (Wildman–Crippen LogP) is 7.81. The molecule has 0 bridgehead atoms. The second-order valence-electron chi connectivity index (χ2n) is 9.24. The summed E-state index contributed by atoms with van der Waals surface area (Å²) in [5.74, 6) is 1.75. The number of halogens is 1. The van der Waals surface area contributed by atoms with Crippen LogP contribution in [0.15, 0.2) is 57.4 Å². The van der Waals surface area contributed by atoms with Gasteiger partial charge in [-0.3, -0.25) is 0 Å². The molecule has 6 heteroatoms. The third-order valence-corrected chi connectivity index (χ3v) is 6.51. The molecule has 2 aromatic heterocycles. The standard InChI is InChI=1S/C27H25BrN2O3/c1-15-11-19(26-29-20-12-17(27(2,3)4)9-10-21(20)32-26)23(31-5)13-18(15)25-30-24-16(14-28)7-6-8-22(24)33-25/h6-13H,14H2,1-5H3. The van der Waals surface area contributed by atoms with E-state index in [1.54, 1.807) is 7.11 Å². The van der Waals surface area contributed by atoms with Gasteiger partial charge in [0.15, 0.2) is 11.2 Å². The summed E-state index contributed by atoms with van der Waals surface area (Å²) in [4.78, 5) is 9.54. The SMILES string of the molecule is COc1cc(-c2nc3c(CBr)cccc3o2)c(C)cc1-c1nc2cc(C(C)(C)C)ccc2o1. The lowest BCUT2D eigenvalue weighted by molar-refractivity contribution is 0.414. The molecule has 0 aliphatic heterocycles. The highest BCUT2D eigenvalue weighted by atomic mass is 79.9. The summed E-state index contributed by atoms with van der Waals surface area (Å²) in [5.41, 5.74) is 8.22. The summed E-state index contributed by atoms with van der Waals surface area (Å²) in [6, 6.07) is 16.1. The van der Waals surface area contributed by atoms with Crippen LogP contribution in [0.3, 0.4) is 0 Å². The van der Waals surface area contributed by atoms with Crippen LogP contribution in [0.25, 0.3) is 45.1 Å². The van der Waals surface area contributed by atoms with Gasteiger partial charge < -0.3 is 13.6 Å². The average molecular weight is 505 g/mol. The summed E-state index contributed by atoms with van der Waals surface area (Å²) >= 11 is 3.53. The van der Waals surface area contributed by atoms with Crippen LogP contribution < -0.4 is 4.74 Å². The van der Waals surface area contributed by atoms with Gasteiger partial charge in [0.1, 0.15) is 16.8 Å². The molecule has 0 spiro atoms. The molecule has 2 heterocycles. The normalized spacial score (nSPS) is 12.1. The number of fused-ring (bicyclic) bond motifs is 2. The molecule has 5 aromatic rings. The number of aryl methyl sites for hydroxylation is 1. The lowest BCUT2D eigenvalue weighted by Gasteiger charge is -2.18. The molecule has 0 unspecified atom stereocenters. The fourth-order valence-electron chi connectivity index (χ4n) is 3.99. The lowest BCUT2D eigenvalue weighted by Crippen LogP contribution is -2.10. The van der Waals surface area contributed by atoms with E-state index in [-0.39, 0.29) is 5.41 Å². The van der Waals surface area contributed by atoms with E-state index in [0.717, 1.165) is 44.5 Å². The molecular weight excluding hydrogens is 480 g/mol. The molecule has 5 nitrogen and oxygen atoms in total. The summed E-state index contributed by atoms with van der Waals surface area (Å²) in [6.45, 7) is 8.59. The van der Waals surface area contributed by atoms with E-state index >= 15 is 0 Å². The Labute approximate surface area is 200 Å². The molecule has 3 aromatic carbocycles. The molecule has 0 aliphatic rings. The van der Waals surface area contributed by atoms with Crippen molar-refractivity contribution in [3.8, 4) is 28.7 Å². The minimum Gasteiger partial charge on any atom is -0.496 e. The Kier molecular flexibility index (Phi) is 5.28. The third-order valence-electron chi connectivity index (χ3n) is 5.91. The first-order chi connectivity index (χ1) is 15.8. The van der Waals surface area contributed by atoms with Gasteiger partial charge in [-0.1, -0.05) is 54.9 Å².